The second-order valence-electron chi connectivity index (χ2n) is 4.69. The molecule has 1 unspecified atom stereocenters. The molecule has 0 spiro atoms. The Hall–Kier alpha value is -1.78. The van der Waals surface area contributed by atoms with Gasteiger partial charge in [0.15, 0.2) is 5.78 Å². The molecule has 1 aliphatic rings. The highest BCUT2D eigenvalue weighted by Crippen LogP contribution is 2.25. The molecular formula is C14H14N2O2. The van der Waals surface area contributed by atoms with Gasteiger partial charge in [-0.3, -0.25) is 9.78 Å². The summed E-state index contributed by atoms with van der Waals surface area (Å²) < 4.78 is 5.26. The molecule has 2 N–H and O–H groups in total. The molecule has 1 aliphatic heterocycles. The number of hydrogen-bond donors (Lipinski definition) is 1. The van der Waals surface area contributed by atoms with Crippen molar-refractivity contribution in [3.8, 4) is 0 Å². The van der Waals surface area contributed by atoms with Gasteiger partial charge in [0.2, 0.25) is 0 Å². The molecule has 1 fully saturated rings. The Bertz CT molecular complexity index is 598. The first-order chi connectivity index (χ1) is 8.71. The molecule has 2 heterocycles. The number of carbonyl (C=O) groups is 1. The third-order valence-corrected chi connectivity index (χ3v) is 3.43. The maximum Gasteiger partial charge on any atom is 0.185 e. The van der Waals surface area contributed by atoms with E-state index in [1.807, 2.05) is 24.3 Å². The minimum atomic E-state index is -0.877. The minimum Gasteiger partial charge on any atom is -0.379 e. The fraction of sp³-hybridized carbons (Fsp3) is 0.286. The molecule has 0 saturated carbocycles. The van der Waals surface area contributed by atoms with Crippen LogP contribution < -0.4 is 5.73 Å². The fourth-order valence-electron chi connectivity index (χ4n) is 2.35. The normalized spacial score (nSPS) is 23.4. The number of nitrogens with zero attached hydrogens (tertiary/aromatic N) is 1. The number of nitrogens with two attached hydrogens (primary N) is 1. The van der Waals surface area contributed by atoms with Crippen LogP contribution in [0.4, 0.5) is 0 Å². The first-order valence-electron chi connectivity index (χ1n) is 5.95. The van der Waals surface area contributed by atoms with Gasteiger partial charge in [0.1, 0.15) is 5.54 Å². The number of Topliss-reactive ketones (excluding diaryl/α,β-unsaturated/α-hetero) is 1. The summed E-state index contributed by atoms with van der Waals surface area (Å²) in [7, 11) is 0. The Labute approximate surface area is 105 Å². The van der Waals surface area contributed by atoms with E-state index >= 15 is 0 Å². The molecule has 92 valence electrons. The zero-order valence-corrected chi connectivity index (χ0v) is 9.93. The average molecular weight is 242 g/mol. The number of ketones is 1. The Morgan fingerprint density at radius 1 is 1.39 bits per heavy atom. The van der Waals surface area contributed by atoms with Crippen molar-refractivity contribution in [2.24, 2.45) is 5.73 Å². The fourth-order valence-corrected chi connectivity index (χ4v) is 2.35. The van der Waals surface area contributed by atoms with Crippen LogP contribution >= 0.6 is 0 Å². The zero-order valence-electron chi connectivity index (χ0n) is 9.93. The second-order valence-corrected chi connectivity index (χ2v) is 4.69. The maximum atomic E-state index is 12.6. The van der Waals surface area contributed by atoms with E-state index in [2.05, 4.69) is 4.98 Å². The summed E-state index contributed by atoms with van der Waals surface area (Å²) >= 11 is 0. The predicted octanol–water partition coefficient (Wildman–Crippen LogP) is 1.54. The molecule has 1 saturated heterocycles. The molecule has 0 bridgehead atoms. The number of carbonyl (C=O) groups excluding carboxylic acids is 1. The first kappa shape index (κ1) is 11.3. The lowest BCUT2D eigenvalue weighted by Crippen LogP contribution is -2.48. The van der Waals surface area contributed by atoms with Crippen LogP contribution in [0.15, 0.2) is 36.7 Å². The van der Waals surface area contributed by atoms with Crippen LogP contribution in [-0.2, 0) is 4.74 Å². The van der Waals surface area contributed by atoms with Crippen molar-refractivity contribution >= 4 is 16.6 Å². The van der Waals surface area contributed by atoms with Crippen molar-refractivity contribution in [3.05, 3.63) is 42.2 Å². The van der Waals surface area contributed by atoms with Crippen molar-refractivity contribution < 1.29 is 9.53 Å². The second kappa shape index (κ2) is 4.15. The van der Waals surface area contributed by atoms with Gasteiger partial charge in [-0.1, -0.05) is 18.2 Å². The summed E-state index contributed by atoms with van der Waals surface area (Å²) in [5.41, 5.74) is 5.91. The summed E-state index contributed by atoms with van der Waals surface area (Å²) in [6.07, 6.45) is 4.02. The number of rotatable bonds is 2. The van der Waals surface area contributed by atoms with Crippen LogP contribution in [0.5, 0.6) is 0 Å². The molecule has 18 heavy (non-hydrogen) atoms. The SMILES string of the molecule is NC1(C(=O)c2cccc3cnccc23)CCOC1. The molecule has 4 nitrogen and oxygen atoms in total. The van der Waals surface area contributed by atoms with Gasteiger partial charge in [0.25, 0.3) is 0 Å². The quantitative estimate of drug-likeness (QED) is 0.811. The number of pyridine rings is 1. The maximum absolute atomic E-state index is 12.6. The molecule has 0 aliphatic carbocycles. The highest BCUT2D eigenvalue weighted by atomic mass is 16.5. The van der Waals surface area contributed by atoms with Crippen molar-refractivity contribution in [3.63, 3.8) is 0 Å². The van der Waals surface area contributed by atoms with E-state index in [1.54, 1.807) is 12.4 Å². The van der Waals surface area contributed by atoms with E-state index in [4.69, 9.17) is 10.5 Å². The lowest BCUT2D eigenvalue weighted by atomic mass is 9.87. The van der Waals surface area contributed by atoms with Gasteiger partial charge in [-0.15, -0.1) is 0 Å². The summed E-state index contributed by atoms with van der Waals surface area (Å²) in [5, 5.41) is 1.85. The topological polar surface area (TPSA) is 65.2 Å². The van der Waals surface area contributed by atoms with E-state index < -0.39 is 5.54 Å². The number of aromatic nitrogens is 1. The van der Waals surface area contributed by atoms with E-state index in [0.29, 0.717) is 25.2 Å². The number of ether oxygens (including phenoxy) is 1. The average Bonchev–Trinajstić information content (AvgIpc) is 2.85. The molecule has 4 heteroatoms. The predicted molar refractivity (Wildman–Crippen MR) is 68.4 cm³/mol. The van der Waals surface area contributed by atoms with Gasteiger partial charge in [0, 0.05) is 30.0 Å². The summed E-state index contributed by atoms with van der Waals surface area (Å²) in [6.45, 7) is 0.849. The molecule has 1 aromatic carbocycles. The monoisotopic (exact) mass is 242 g/mol. The Morgan fingerprint density at radius 3 is 3.06 bits per heavy atom. The molecule has 1 aromatic heterocycles. The number of fused-ring (bicyclic) bond motifs is 1. The van der Waals surface area contributed by atoms with Crippen LogP contribution in [0.3, 0.4) is 0 Å². The van der Waals surface area contributed by atoms with Gasteiger partial charge in [-0.05, 0) is 17.9 Å². The summed E-state index contributed by atoms with van der Waals surface area (Å²) in [5.74, 6) is -0.0446. The van der Waals surface area contributed by atoms with Gasteiger partial charge < -0.3 is 10.5 Å². The van der Waals surface area contributed by atoms with Crippen LogP contribution in [0, 0.1) is 0 Å². The van der Waals surface area contributed by atoms with Crippen LogP contribution in [0.2, 0.25) is 0 Å². The number of hydrogen-bond acceptors (Lipinski definition) is 4. The highest BCUT2D eigenvalue weighted by Gasteiger charge is 2.39. The van der Waals surface area contributed by atoms with Crippen molar-refractivity contribution in [1.29, 1.82) is 0 Å². The van der Waals surface area contributed by atoms with Gasteiger partial charge >= 0.3 is 0 Å². The minimum absolute atomic E-state index is 0.0446. The van der Waals surface area contributed by atoms with Crippen LogP contribution in [0.25, 0.3) is 10.8 Å². The molecule has 0 amide bonds. The van der Waals surface area contributed by atoms with Crippen LogP contribution in [-0.4, -0.2) is 29.5 Å². The Morgan fingerprint density at radius 2 is 2.28 bits per heavy atom. The van der Waals surface area contributed by atoms with E-state index in [-0.39, 0.29) is 5.78 Å². The smallest absolute Gasteiger partial charge is 0.185 e. The molecule has 3 rings (SSSR count). The first-order valence-corrected chi connectivity index (χ1v) is 5.95. The molecule has 2 aromatic rings. The summed E-state index contributed by atoms with van der Waals surface area (Å²) in [4.78, 5) is 16.6. The molecule has 1 atom stereocenters. The third-order valence-electron chi connectivity index (χ3n) is 3.43. The van der Waals surface area contributed by atoms with Gasteiger partial charge in [0.05, 0.1) is 6.61 Å². The van der Waals surface area contributed by atoms with E-state index in [1.165, 1.54) is 0 Å². The standard InChI is InChI=1S/C14H14N2O2/c15-14(5-7-18-9-14)13(17)12-3-1-2-10-8-16-6-4-11(10)12/h1-4,6,8H,5,7,9,15H2. The third kappa shape index (κ3) is 1.70. The zero-order chi connectivity index (χ0) is 12.6. The Kier molecular flexibility index (Phi) is 2.61. The van der Waals surface area contributed by atoms with Crippen molar-refractivity contribution in [2.75, 3.05) is 13.2 Å². The number of benzene rings is 1. The molecular weight excluding hydrogens is 228 g/mol. The van der Waals surface area contributed by atoms with Crippen molar-refractivity contribution in [1.82, 2.24) is 4.98 Å². The highest BCUT2D eigenvalue weighted by molar-refractivity contribution is 6.12. The lowest BCUT2D eigenvalue weighted by Gasteiger charge is -2.20. The molecule has 0 radical (unpaired) electrons. The largest absolute Gasteiger partial charge is 0.379 e. The summed E-state index contributed by atoms with van der Waals surface area (Å²) in [6, 6.07) is 7.46. The van der Waals surface area contributed by atoms with E-state index in [9.17, 15) is 4.79 Å². The Balaban J connectivity index is 2.12. The van der Waals surface area contributed by atoms with Gasteiger partial charge in [-0.25, -0.2) is 0 Å². The lowest BCUT2D eigenvalue weighted by molar-refractivity contribution is 0.0865. The van der Waals surface area contributed by atoms with Crippen LogP contribution in [0.1, 0.15) is 16.8 Å². The van der Waals surface area contributed by atoms with Gasteiger partial charge in [-0.2, -0.15) is 0 Å². The van der Waals surface area contributed by atoms with Crippen molar-refractivity contribution in [2.45, 2.75) is 12.0 Å². The van der Waals surface area contributed by atoms with E-state index in [0.717, 1.165) is 10.8 Å².